The summed E-state index contributed by atoms with van der Waals surface area (Å²) in [6.45, 7) is 1.55. The zero-order valence-electron chi connectivity index (χ0n) is 9.71. The van der Waals surface area contributed by atoms with Crippen molar-refractivity contribution in [2.45, 2.75) is 19.3 Å². The fourth-order valence-corrected chi connectivity index (χ4v) is 1.25. The highest BCUT2D eigenvalue weighted by atomic mass is 19.4. The van der Waals surface area contributed by atoms with E-state index in [2.05, 4.69) is 4.74 Å². The van der Waals surface area contributed by atoms with Gasteiger partial charge in [-0.25, -0.2) is 4.79 Å². The molecular formula is C11H12F3NO3. The number of rotatable bonds is 3. The standard InChI is InChI=1S/C11H12F3NO3/c1-6-3-4-7(9(16)18-2)5-8(6)15-10(17)11(12,13)14/h3-5,10,15,17H,1-2H3. The van der Waals surface area contributed by atoms with E-state index in [1.54, 1.807) is 6.92 Å². The molecule has 18 heavy (non-hydrogen) atoms. The molecule has 0 radical (unpaired) electrons. The van der Waals surface area contributed by atoms with Crippen LogP contribution in [0, 0.1) is 6.92 Å². The first kappa shape index (κ1) is 14.3. The SMILES string of the molecule is COC(=O)c1ccc(C)c(NC(O)C(F)(F)F)c1. The second-order valence-electron chi connectivity index (χ2n) is 3.61. The number of nitrogens with one attached hydrogen (secondary N) is 1. The molecule has 0 fully saturated rings. The van der Waals surface area contributed by atoms with Gasteiger partial charge < -0.3 is 15.2 Å². The van der Waals surface area contributed by atoms with E-state index in [0.29, 0.717) is 5.56 Å². The number of aliphatic hydroxyl groups is 1. The number of methoxy groups -OCH3 is 1. The van der Waals surface area contributed by atoms with Crippen LogP contribution in [0.3, 0.4) is 0 Å². The third-order valence-electron chi connectivity index (χ3n) is 2.26. The van der Waals surface area contributed by atoms with Crippen LogP contribution in [0.15, 0.2) is 18.2 Å². The van der Waals surface area contributed by atoms with E-state index in [0.717, 1.165) is 0 Å². The van der Waals surface area contributed by atoms with Crippen LogP contribution in [0.4, 0.5) is 18.9 Å². The minimum absolute atomic E-state index is 0.0164. The molecule has 1 aromatic carbocycles. The van der Waals surface area contributed by atoms with Crippen molar-refractivity contribution in [3.63, 3.8) is 0 Å². The molecule has 2 N–H and O–H groups in total. The van der Waals surface area contributed by atoms with Gasteiger partial charge in [0.25, 0.3) is 0 Å². The van der Waals surface area contributed by atoms with Gasteiger partial charge in [0, 0.05) is 5.69 Å². The Morgan fingerprint density at radius 3 is 2.56 bits per heavy atom. The monoisotopic (exact) mass is 263 g/mol. The number of carbonyl (C=O) groups is 1. The Balaban J connectivity index is 2.98. The van der Waals surface area contributed by atoms with E-state index in [9.17, 15) is 18.0 Å². The number of aliphatic hydroxyl groups excluding tert-OH is 1. The average Bonchev–Trinajstić information content (AvgIpc) is 2.29. The Kier molecular flexibility index (Phi) is 4.18. The van der Waals surface area contributed by atoms with E-state index in [-0.39, 0.29) is 11.3 Å². The maximum absolute atomic E-state index is 12.2. The van der Waals surface area contributed by atoms with Crippen molar-refractivity contribution < 1.29 is 27.8 Å². The lowest BCUT2D eigenvalue weighted by molar-refractivity contribution is -0.194. The molecule has 4 nitrogen and oxygen atoms in total. The van der Waals surface area contributed by atoms with Crippen LogP contribution < -0.4 is 5.32 Å². The summed E-state index contributed by atoms with van der Waals surface area (Å²) in [6, 6.07) is 4.07. The van der Waals surface area contributed by atoms with Crippen molar-refractivity contribution in [2.75, 3.05) is 12.4 Å². The van der Waals surface area contributed by atoms with Crippen molar-refractivity contribution in [3.8, 4) is 0 Å². The Labute approximate surface area is 101 Å². The van der Waals surface area contributed by atoms with Gasteiger partial charge in [-0.15, -0.1) is 0 Å². The molecule has 0 amide bonds. The van der Waals surface area contributed by atoms with Crippen molar-refractivity contribution in [1.82, 2.24) is 0 Å². The summed E-state index contributed by atoms with van der Waals surface area (Å²) in [6.07, 6.45) is -7.47. The zero-order valence-corrected chi connectivity index (χ0v) is 9.71. The van der Waals surface area contributed by atoms with Crippen molar-refractivity contribution in [2.24, 2.45) is 0 Å². The van der Waals surface area contributed by atoms with E-state index in [4.69, 9.17) is 5.11 Å². The van der Waals surface area contributed by atoms with Gasteiger partial charge in [0.15, 0.2) is 0 Å². The Bertz CT molecular complexity index is 446. The molecule has 0 aliphatic carbocycles. The summed E-state index contributed by atoms with van der Waals surface area (Å²) in [7, 11) is 1.17. The van der Waals surface area contributed by atoms with Gasteiger partial charge in [0.2, 0.25) is 6.23 Å². The number of hydrogen-bond acceptors (Lipinski definition) is 4. The maximum Gasteiger partial charge on any atom is 0.433 e. The summed E-state index contributed by atoms with van der Waals surface area (Å²) in [5, 5.41) is 10.8. The van der Waals surface area contributed by atoms with Crippen molar-refractivity contribution in [3.05, 3.63) is 29.3 Å². The number of halogens is 3. The molecule has 1 aromatic rings. The zero-order chi connectivity index (χ0) is 13.9. The normalized spacial score (nSPS) is 13.0. The van der Waals surface area contributed by atoms with E-state index in [1.807, 2.05) is 5.32 Å². The largest absolute Gasteiger partial charge is 0.465 e. The van der Waals surface area contributed by atoms with Crippen LogP contribution in [-0.4, -0.2) is 30.6 Å². The van der Waals surface area contributed by atoms with Crippen molar-refractivity contribution >= 4 is 11.7 Å². The van der Waals surface area contributed by atoms with E-state index in [1.165, 1.54) is 25.3 Å². The topological polar surface area (TPSA) is 58.6 Å². The summed E-state index contributed by atoms with van der Waals surface area (Å²) >= 11 is 0. The lowest BCUT2D eigenvalue weighted by atomic mass is 10.1. The van der Waals surface area contributed by atoms with E-state index < -0.39 is 18.4 Å². The number of aryl methyl sites for hydroxylation is 1. The minimum atomic E-state index is -4.78. The van der Waals surface area contributed by atoms with Crippen LogP contribution in [0.5, 0.6) is 0 Å². The molecule has 0 heterocycles. The predicted octanol–water partition coefficient (Wildman–Crippen LogP) is 2.07. The number of anilines is 1. The number of ether oxygens (including phenoxy) is 1. The molecule has 0 aromatic heterocycles. The fourth-order valence-electron chi connectivity index (χ4n) is 1.25. The van der Waals surface area contributed by atoms with Crippen LogP contribution in [0.25, 0.3) is 0 Å². The first-order valence-corrected chi connectivity index (χ1v) is 4.96. The third kappa shape index (κ3) is 3.36. The number of carbonyl (C=O) groups excluding carboxylic acids is 1. The molecule has 1 unspecified atom stereocenters. The summed E-state index contributed by atoms with van der Waals surface area (Å²) < 4.78 is 41.0. The summed E-state index contributed by atoms with van der Waals surface area (Å²) in [5.74, 6) is -0.667. The number of esters is 1. The number of benzene rings is 1. The quantitative estimate of drug-likeness (QED) is 0.647. The van der Waals surface area contributed by atoms with Crippen LogP contribution in [0.1, 0.15) is 15.9 Å². The molecule has 100 valence electrons. The minimum Gasteiger partial charge on any atom is -0.465 e. The first-order chi connectivity index (χ1) is 8.25. The highest BCUT2D eigenvalue weighted by Crippen LogP contribution is 2.24. The molecule has 0 aliphatic heterocycles. The van der Waals surface area contributed by atoms with Gasteiger partial charge in [-0.3, -0.25) is 0 Å². The second kappa shape index (κ2) is 5.26. The molecular weight excluding hydrogens is 251 g/mol. The van der Waals surface area contributed by atoms with Crippen LogP contribution >= 0.6 is 0 Å². The van der Waals surface area contributed by atoms with E-state index >= 15 is 0 Å². The maximum atomic E-state index is 12.2. The Hall–Kier alpha value is -1.76. The fraction of sp³-hybridized carbons (Fsp3) is 0.364. The molecule has 0 aliphatic rings. The molecule has 1 rings (SSSR count). The Morgan fingerprint density at radius 1 is 1.44 bits per heavy atom. The average molecular weight is 263 g/mol. The second-order valence-corrected chi connectivity index (χ2v) is 3.61. The number of hydrogen-bond donors (Lipinski definition) is 2. The summed E-state index contributed by atoms with van der Waals surface area (Å²) in [4.78, 5) is 11.2. The number of alkyl halides is 3. The van der Waals surface area contributed by atoms with Gasteiger partial charge in [0.05, 0.1) is 12.7 Å². The predicted molar refractivity (Wildman–Crippen MR) is 58.2 cm³/mol. The molecule has 0 saturated heterocycles. The van der Waals surface area contributed by atoms with Gasteiger partial charge in [-0.2, -0.15) is 13.2 Å². The van der Waals surface area contributed by atoms with Crippen LogP contribution in [0.2, 0.25) is 0 Å². The molecule has 1 atom stereocenters. The van der Waals surface area contributed by atoms with Gasteiger partial charge in [0.1, 0.15) is 0 Å². The highest BCUT2D eigenvalue weighted by molar-refractivity contribution is 5.90. The van der Waals surface area contributed by atoms with Gasteiger partial charge >= 0.3 is 12.1 Å². The molecule has 0 bridgehead atoms. The lowest BCUT2D eigenvalue weighted by Gasteiger charge is -2.18. The molecule has 0 saturated carbocycles. The smallest absolute Gasteiger partial charge is 0.433 e. The highest BCUT2D eigenvalue weighted by Gasteiger charge is 2.38. The lowest BCUT2D eigenvalue weighted by Crippen LogP contribution is -2.36. The summed E-state index contributed by atoms with van der Waals surface area (Å²) in [5.41, 5.74) is 0.577. The van der Waals surface area contributed by atoms with Gasteiger partial charge in [-0.05, 0) is 24.6 Å². The van der Waals surface area contributed by atoms with Crippen molar-refractivity contribution in [1.29, 1.82) is 0 Å². The molecule has 0 spiro atoms. The third-order valence-corrected chi connectivity index (χ3v) is 2.26. The molecule has 7 heteroatoms. The van der Waals surface area contributed by atoms with Gasteiger partial charge in [-0.1, -0.05) is 6.07 Å². The van der Waals surface area contributed by atoms with Crippen LogP contribution in [-0.2, 0) is 4.74 Å². The first-order valence-electron chi connectivity index (χ1n) is 4.96. The Morgan fingerprint density at radius 2 is 2.06 bits per heavy atom.